The molecular weight excluding hydrogens is 607 g/mol. The molecule has 4 fully saturated rings. The highest BCUT2D eigenvalue weighted by molar-refractivity contribution is 6.30. The fourth-order valence-corrected chi connectivity index (χ4v) is 6.94. The first-order valence-corrected chi connectivity index (χ1v) is 16.5. The zero-order valence-electron chi connectivity index (χ0n) is 26.6. The predicted molar refractivity (Wildman–Crippen MR) is 165 cm³/mol. The van der Waals surface area contributed by atoms with Crippen LogP contribution in [0.1, 0.15) is 83.4 Å². The SMILES string of the molecule is COc1nc(Cl)c(F)c2c(COC3CCCCO3)c(COC3CCCCO3)nc(N3CC4CCC(C3)N4C(=O)OC(C)(C)C)c12. The first-order chi connectivity index (χ1) is 21.6. The highest BCUT2D eigenvalue weighted by atomic mass is 35.5. The molecule has 2 bridgehead atoms. The molecule has 11 nitrogen and oxygen atoms in total. The van der Waals surface area contributed by atoms with E-state index >= 15 is 4.39 Å². The number of carbonyl (C=O) groups excluding carboxylic acids is 1. The second-order valence-corrected chi connectivity index (χ2v) is 13.6. The summed E-state index contributed by atoms with van der Waals surface area (Å²) in [5, 5.41) is 0.340. The van der Waals surface area contributed by atoms with Crippen LogP contribution in [0.5, 0.6) is 5.88 Å². The molecule has 0 saturated carbocycles. The van der Waals surface area contributed by atoms with Crippen LogP contribution in [-0.2, 0) is 36.9 Å². The van der Waals surface area contributed by atoms with Crippen LogP contribution in [0.3, 0.4) is 0 Å². The molecule has 1 amide bonds. The van der Waals surface area contributed by atoms with Gasteiger partial charge in [0.25, 0.3) is 0 Å². The molecule has 13 heteroatoms. The number of amides is 1. The highest BCUT2D eigenvalue weighted by Gasteiger charge is 2.45. The van der Waals surface area contributed by atoms with Crippen LogP contribution in [0.4, 0.5) is 15.0 Å². The minimum absolute atomic E-state index is 0.0384. The van der Waals surface area contributed by atoms with Crippen LogP contribution in [0.15, 0.2) is 0 Å². The Labute approximate surface area is 268 Å². The summed E-state index contributed by atoms with van der Waals surface area (Å²) in [6.45, 7) is 7.96. The van der Waals surface area contributed by atoms with E-state index < -0.39 is 17.7 Å². The molecule has 6 heterocycles. The van der Waals surface area contributed by atoms with Crippen molar-refractivity contribution >= 4 is 34.3 Å². The minimum Gasteiger partial charge on any atom is -0.480 e. The summed E-state index contributed by atoms with van der Waals surface area (Å²) in [4.78, 5) is 26.5. The van der Waals surface area contributed by atoms with Crippen molar-refractivity contribution in [3.05, 3.63) is 22.2 Å². The van der Waals surface area contributed by atoms with Crippen LogP contribution in [-0.4, -0.2) is 84.6 Å². The lowest BCUT2D eigenvalue weighted by molar-refractivity contribution is -0.173. The van der Waals surface area contributed by atoms with Crippen molar-refractivity contribution in [2.45, 2.75) is 116 Å². The molecule has 4 aliphatic heterocycles. The van der Waals surface area contributed by atoms with Crippen molar-refractivity contribution in [2.75, 3.05) is 38.3 Å². The maximum atomic E-state index is 16.2. The van der Waals surface area contributed by atoms with Crippen molar-refractivity contribution < 1.29 is 37.6 Å². The fraction of sp³-hybridized carbons (Fsp3) is 0.719. The second kappa shape index (κ2) is 13.7. The minimum atomic E-state index is -0.676. The molecule has 0 spiro atoms. The molecule has 0 N–H and O–H groups in total. The molecule has 0 aromatic carbocycles. The Bertz CT molecular complexity index is 1370. The largest absolute Gasteiger partial charge is 0.480 e. The van der Waals surface area contributed by atoms with Gasteiger partial charge in [-0.2, -0.15) is 4.98 Å². The van der Waals surface area contributed by atoms with Crippen LogP contribution in [0.25, 0.3) is 10.8 Å². The third-order valence-corrected chi connectivity index (χ3v) is 9.10. The van der Waals surface area contributed by atoms with E-state index in [9.17, 15) is 4.79 Å². The van der Waals surface area contributed by atoms with Crippen LogP contribution < -0.4 is 9.64 Å². The summed E-state index contributed by atoms with van der Waals surface area (Å²) in [5.41, 5.74) is 0.431. The van der Waals surface area contributed by atoms with E-state index in [1.807, 2.05) is 25.7 Å². The first kappa shape index (κ1) is 32.4. The van der Waals surface area contributed by atoms with Gasteiger partial charge in [-0.1, -0.05) is 11.6 Å². The summed E-state index contributed by atoms with van der Waals surface area (Å²) in [5.74, 6) is -0.00430. The Balaban J connectivity index is 1.40. The number of ether oxygens (including phenoxy) is 6. The lowest BCUT2D eigenvalue weighted by atomic mass is 10.0. The van der Waals surface area contributed by atoms with Crippen molar-refractivity contribution in [3.8, 4) is 5.88 Å². The number of rotatable bonds is 8. The molecule has 6 rings (SSSR count). The fourth-order valence-electron chi connectivity index (χ4n) is 6.77. The molecular formula is C32H44ClFN4O7. The maximum Gasteiger partial charge on any atom is 0.410 e. The van der Waals surface area contributed by atoms with Gasteiger partial charge < -0.3 is 33.3 Å². The lowest BCUT2D eigenvalue weighted by Crippen LogP contribution is -2.57. The van der Waals surface area contributed by atoms with E-state index in [2.05, 4.69) is 9.88 Å². The van der Waals surface area contributed by atoms with Crippen molar-refractivity contribution in [1.29, 1.82) is 0 Å². The summed E-state index contributed by atoms with van der Waals surface area (Å²) in [6, 6.07) is -0.179. The van der Waals surface area contributed by atoms with Gasteiger partial charge in [0.15, 0.2) is 23.6 Å². The van der Waals surface area contributed by atoms with Crippen LogP contribution in [0.2, 0.25) is 5.15 Å². The third-order valence-electron chi connectivity index (χ3n) is 8.85. The summed E-state index contributed by atoms with van der Waals surface area (Å²) in [6.07, 6.45) is 6.07. The molecule has 4 aliphatic rings. The number of nitrogens with zero attached hydrogens (tertiary/aromatic N) is 4. The van der Waals surface area contributed by atoms with E-state index in [4.69, 9.17) is 45.0 Å². The molecule has 4 atom stereocenters. The number of fused-ring (bicyclic) bond motifs is 3. The average molecular weight is 651 g/mol. The first-order valence-electron chi connectivity index (χ1n) is 16.1. The Morgan fingerprint density at radius 2 is 1.56 bits per heavy atom. The number of methoxy groups -OCH3 is 1. The van der Waals surface area contributed by atoms with Crippen molar-refractivity contribution in [3.63, 3.8) is 0 Å². The molecule has 4 unspecified atom stereocenters. The van der Waals surface area contributed by atoms with Gasteiger partial charge in [-0.05, 0) is 72.1 Å². The molecule has 2 aromatic heterocycles. The van der Waals surface area contributed by atoms with Gasteiger partial charge in [0.2, 0.25) is 5.88 Å². The number of halogens is 2. The molecule has 248 valence electrons. The quantitative estimate of drug-likeness (QED) is 0.311. The van der Waals surface area contributed by atoms with Gasteiger partial charge >= 0.3 is 6.09 Å². The lowest BCUT2D eigenvalue weighted by Gasteiger charge is -2.42. The summed E-state index contributed by atoms with van der Waals surface area (Å²) in [7, 11) is 1.48. The number of pyridine rings is 2. The number of carbonyl (C=O) groups is 1. The highest BCUT2D eigenvalue weighted by Crippen LogP contribution is 2.42. The number of hydrogen-bond acceptors (Lipinski definition) is 10. The van der Waals surface area contributed by atoms with Gasteiger partial charge in [-0.15, -0.1) is 0 Å². The Morgan fingerprint density at radius 3 is 2.11 bits per heavy atom. The summed E-state index contributed by atoms with van der Waals surface area (Å²) >= 11 is 6.37. The van der Waals surface area contributed by atoms with E-state index in [1.54, 1.807) is 0 Å². The smallest absolute Gasteiger partial charge is 0.410 e. The van der Waals surface area contributed by atoms with Gasteiger partial charge in [0.05, 0.1) is 43.5 Å². The zero-order chi connectivity index (χ0) is 31.7. The molecule has 4 saturated heterocycles. The van der Waals surface area contributed by atoms with E-state index in [1.165, 1.54) is 7.11 Å². The second-order valence-electron chi connectivity index (χ2n) is 13.2. The van der Waals surface area contributed by atoms with Gasteiger partial charge in [0.1, 0.15) is 11.4 Å². The molecule has 2 aromatic rings. The topological polar surface area (TPSA) is 105 Å². The number of anilines is 1. The molecule has 0 aliphatic carbocycles. The Morgan fingerprint density at radius 1 is 0.933 bits per heavy atom. The predicted octanol–water partition coefficient (Wildman–Crippen LogP) is 6.11. The van der Waals surface area contributed by atoms with Crippen molar-refractivity contribution in [2.24, 2.45) is 0 Å². The third kappa shape index (κ3) is 7.10. The standard InChI is InChI=1S/C32H44ClFN4O7/c1-32(2,3)45-31(39)38-19-11-12-20(38)16-37(15-19)29-26-25(27(34)28(33)36-30(26)40-4)21(17-43-23-9-5-7-13-41-23)22(35-29)18-44-24-10-6-8-14-42-24/h19-20,23-24H,5-18H2,1-4H3. The number of aromatic nitrogens is 2. The van der Waals surface area contributed by atoms with Gasteiger partial charge in [-0.25, -0.2) is 14.2 Å². The van der Waals surface area contributed by atoms with Crippen LogP contribution in [0, 0.1) is 5.82 Å². The average Bonchev–Trinajstić information content (AvgIpc) is 3.30. The van der Waals surface area contributed by atoms with Crippen molar-refractivity contribution in [1.82, 2.24) is 14.9 Å². The Hall–Kier alpha value is -2.51. The summed E-state index contributed by atoms with van der Waals surface area (Å²) < 4.78 is 51.7. The van der Waals surface area contributed by atoms with E-state index in [0.29, 0.717) is 48.8 Å². The van der Waals surface area contributed by atoms with Gasteiger partial charge in [0, 0.05) is 37.3 Å². The molecule has 0 radical (unpaired) electrons. The van der Waals surface area contributed by atoms with Gasteiger partial charge in [-0.3, -0.25) is 4.90 Å². The zero-order valence-corrected chi connectivity index (χ0v) is 27.4. The molecule has 45 heavy (non-hydrogen) atoms. The Kier molecular flexibility index (Phi) is 9.87. The number of piperazine rings is 1. The van der Waals surface area contributed by atoms with E-state index in [0.717, 1.165) is 51.4 Å². The number of hydrogen-bond donors (Lipinski definition) is 0. The monoisotopic (exact) mass is 650 g/mol. The normalized spacial score (nSPS) is 25.6. The van der Waals surface area contributed by atoms with Crippen LogP contribution >= 0.6 is 11.6 Å². The maximum absolute atomic E-state index is 16.2. The van der Waals surface area contributed by atoms with E-state index in [-0.39, 0.29) is 54.1 Å².